The summed E-state index contributed by atoms with van der Waals surface area (Å²) in [5, 5.41) is 0. The van der Waals surface area contributed by atoms with Crippen LogP contribution in [0, 0.1) is 20.8 Å². The fourth-order valence-corrected chi connectivity index (χ4v) is 6.26. The average molecular weight is 659 g/mol. The molecular formula is C49H42N2. The molecule has 0 heterocycles. The van der Waals surface area contributed by atoms with Crippen molar-refractivity contribution in [1.29, 1.82) is 0 Å². The molecule has 7 rings (SSSR count). The van der Waals surface area contributed by atoms with E-state index in [0.29, 0.717) is 0 Å². The Morgan fingerprint density at radius 3 is 1.25 bits per heavy atom. The summed E-state index contributed by atoms with van der Waals surface area (Å²) in [5.74, 6) is 0. The van der Waals surface area contributed by atoms with Crippen LogP contribution in [0.3, 0.4) is 0 Å². The molecule has 0 aromatic heterocycles. The quantitative estimate of drug-likeness (QED) is 0.135. The van der Waals surface area contributed by atoms with Crippen molar-refractivity contribution in [2.45, 2.75) is 20.8 Å². The molecule has 2 nitrogen and oxygen atoms in total. The maximum absolute atomic E-state index is 2.31. The van der Waals surface area contributed by atoms with Gasteiger partial charge >= 0.3 is 0 Å². The molecule has 0 atom stereocenters. The maximum Gasteiger partial charge on any atom is 0.0462 e. The first-order chi connectivity index (χ1) is 25.0. The lowest BCUT2D eigenvalue weighted by Gasteiger charge is -2.26. The van der Waals surface area contributed by atoms with Crippen LogP contribution in [-0.2, 0) is 0 Å². The van der Waals surface area contributed by atoms with E-state index in [1.165, 1.54) is 27.8 Å². The molecular weight excluding hydrogens is 617 g/mol. The van der Waals surface area contributed by atoms with E-state index in [-0.39, 0.29) is 0 Å². The van der Waals surface area contributed by atoms with Crippen LogP contribution in [0.2, 0.25) is 0 Å². The van der Waals surface area contributed by atoms with Gasteiger partial charge in [-0.3, -0.25) is 0 Å². The number of hydrogen-bond donors (Lipinski definition) is 0. The molecule has 7 aromatic rings. The van der Waals surface area contributed by atoms with Crippen LogP contribution in [0.15, 0.2) is 188 Å². The minimum atomic E-state index is 1.10. The minimum absolute atomic E-state index is 1.10. The second kappa shape index (κ2) is 15.4. The van der Waals surface area contributed by atoms with Crippen molar-refractivity contribution < 1.29 is 0 Å². The zero-order valence-electron chi connectivity index (χ0n) is 29.4. The fourth-order valence-electron chi connectivity index (χ4n) is 6.26. The van der Waals surface area contributed by atoms with Crippen molar-refractivity contribution in [3.8, 4) is 0 Å². The molecule has 0 spiro atoms. The summed E-state index contributed by atoms with van der Waals surface area (Å²) in [6.07, 6.45) is 6.63. The molecule has 7 aromatic carbocycles. The van der Waals surface area contributed by atoms with E-state index in [1.807, 2.05) is 0 Å². The monoisotopic (exact) mass is 658 g/mol. The lowest BCUT2D eigenvalue weighted by Crippen LogP contribution is -2.10. The number of aryl methyl sites for hydroxylation is 3. The standard InChI is InChI=1S/C49H42N2/c1-37-17-27-45(28-18-37)51(46-29-19-38(2)20-30-46)47-33-25-41(26-34-47)22-21-40-23-31-44(32-24-40)50(48-16-10-11-39(3)35-48)36-49(42-12-6-4-7-13-42)43-14-8-5-9-15-43/h4-36H,1-3H3. The van der Waals surface area contributed by atoms with Crippen molar-refractivity contribution in [3.05, 3.63) is 227 Å². The Morgan fingerprint density at radius 2 is 0.804 bits per heavy atom. The Hall–Kier alpha value is -6.38. The van der Waals surface area contributed by atoms with Gasteiger partial charge in [0.15, 0.2) is 0 Å². The van der Waals surface area contributed by atoms with Gasteiger partial charge in [-0.2, -0.15) is 0 Å². The van der Waals surface area contributed by atoms with Gasteiger partial charge < -0.3 is 9.80 Å². The second-order valence-electron chi connectivity index (χ2n) is 13.0. The Labute approximate surface area is 302 Å². The van der Waals surface area contributed by atoms with Gasteiger partial charge in [0.2, 0.25) is 0 Å². The van der Waals surface area contributed by atoms with Gasteiger partial charge in [0, 0.05) is 40.2 Å². The third-order valence-corrected chi connectivity index (χ3v) is 9.08. The molecule has 0 N–H and O–H groups in total. The highest BCUT2D eigenvalue weighted by Crippen LogP contribution is 2.36. The molecule has 0 saturated carbocycles. The summed E-state index contributed by atoms with van der Waals surface area (Å²) in [4.78, 5) is 4.60. The molecule has 248 valence electrons. The number of nitrogens with zero attached hydrogens (tertiary/aromatic N) is 2. The van der Waals surface area contributed by atoms with Gasteiger partial charge in [0.1, 0.15) is 0 Å². The van der Waals surface area contributed by atoms with Gasteiger partial charge in [-0.15, -0.1) is 0 Å². The number of hydrogen-bond acceptors (Lipinski definition) is 2. The lowest BCUT2D eigenvalue weighted by atomic mass is 9.98. The molecule has 0 radical (unpaired) electrons. The summed E-state index contributed by atoms with van der Waals surface area (Å²) in [5.41, 5.74) is 15.1. The average Bonchev–Trinajstić information content (AvgIpc) is 3.17. The van der Waals surface area contributed by atoms with E-state index >= 15 is 0 Å². The van der Waals surface area contributed by atoms with Crippen LogP contribution in [0.4, 0.5) is 28.4 Å². The van der Waals surface area contributed by atoms with E-state index in [1.54, 1.807) is 0 Å². The van der Waals surface area contributed by atoms with E-state index in [2.05, 4.69) is 231 Å². The summed E-state index contributed by atoms with van der Waals surface area (Å²) in [6, 6.07) is 64.9. The third kappa shape index (κ3) is 8.09. The van der Waals surface area contributed by atoms with Crippen molar-refractivity contribution >= 4 is 46.2 Å². The minimum Gasteiger partial charge on any atom is -0.317 e. The summed E-state index contributed by atoms with van der Waals surface area (Å²) < 4.78 is 0. The zero-order chi connectivity index (χ0) is 35.0. The largest absolute Gasteiger partial charge is 0.317 e. The predicted octanol–water partition coefficient (Wildman–Crippen LogP) is 13.5. The van der Waals surface area contributed by atoms with Crippen LogP contribution in [-0.4, -0.2) is 0 Å². The smallest absolute Gasteiger partial charge is 0.0462 e. The maximum atomic E-state index is 2.31. The van der Waals surface area contributed by atoms with Crippen LogP contribution < -0.4 is 9.80 Å². The van der Waals surface area contributed by atoms with Crippen LogP contribution >= 0.6 is 0 Å². The van der Waals surface area contributed by atoms with E-state index in [9.17, 15) is 0 Å². The number of anilines is 5. The van der Waals surface area contributed by atoms with Crippen LogP contribution in [0.25, 0.3) is 17.7 Å². The third-order valence-electron chi connectivity index (χ3n) is 9.08. The predicted molar refractivity (Wildman–Crippen MR) is 219 cm³/mol. The molecule has 0 unspecified atom stereocenters. The molecule has 51 heavy (non-hydrogen) atoms. The van der Waals surface area contributed by atoms with Crippen LogP contribution in [0.1, 0.15) is 38.9 Å². The van der Waals surface area contributed by atoms with Gasteiger partial charge in [-0.25, -0.2) is 0 Å². The van der Waals surface area contributed by atoms with E-state index in [0.717, 1.165) is 45.1 Å². The normalized spacial score (nSPS) is 11.0. The first-order valence-corrected chi connectivity index (χ1v) is 17.5. The Kier molecular flexibility index (Phi) is 10.0. The second-order valence-corrected chi connectivity index (χ2v) is 13.0. The topological polar surface area (TPSA) is 6.48 Å². The van der Waals surface area contributed by atoms with Gasteiger partial charge in [0.05, 0.1) is 0 Å². The molecule has 0 amide bonds. The summed E-state index contributed by atoms with van der Waals surface area (Å²) >= 11 is 0. The molecule has 2 heteroatoms. The molecule has 0 saturated heterocycles. The van der Waals surface area contributed by atoms with Crippen molar-refractivity contribution in [2.75, 3.05) is 9.80 Å². The molecule has 0 aliphatic heterocycles. The van der Waals surface area contributed by atoms with Crippen molar-refractivity contribution in [2.24, 2.45) is 0 Å². The van der Waals surface area contributed by atoms with Gasteiger partial charge in [-0.05, 0) is 109 Å². The Morgan fingerprint density at radius 1 is 0.373 bits per heavy atom. The Bertz CT molecular complexity index is 2140. The van der Waals surface area contributed by atoms with Crippen molar-refractivity contribution in [3.63, 3.8) is 0 Å². The summed E-state index contributed by atoms with van der Waals surface area (Å²) in [6.45, 7) is 6.39. The highest BCUT2D eigenvalue weighted by Gasteiger charge is 2.14. The first-order valence-electron chi connectivity index (χ1n) is 17.5. The highest BCUT2D eigenvalue weighted by atomic mass is 15.1. The first kappa shape index (κ1) is 33.1. The highest BCUT2D eigenvalue weighted by molar-refractivity contribution is 5.84. The summed E-state index contributed by atoms with van der Waals surface area (Å²) in [7, 11) is 0. The van der Waals surface area contributed by atoms with Crippen LogP contribution in [0.5, 0.6) is 0 Å². The molecule has 0 fully saturated rings. The molecule has 0 aliphatic rings. The zero-order valence-corrected chi connectivity index (χ0v) is 29.4. The number of benzene rings is 7. The van der Waals surface area contributed by atoms with Crippen molar-refractivity contribution in [1.82, 2.24) is 0 Å². The number of rotatable bonds is 10. The molecule has 0 bridgehead atoms. The van der Waals surface area contributed by atoms with E-state index < -0.39 is 0 Å². The van der Waals surface area contributed by atoms with E-state index in [4.69, 9.17) is 0 Å². The Balaban J connectivity index is 1.17. The molecule has 0 aliphatic carbocycles. The van der Waals surface area contributed by atoms with Gasteiger partial charge in [-0.1, -0.05) is 145 Å². The SMILES string of the molecule is Cc1ccc(N(c2ccc(C)cc2)c2ccc(C=Cc3ccc(N(C=C(c4ccccc4)c4ccccc4)c4cccc(C)c4)cc3)cc2)cc1. The lowest BCUT2D eigenvalue weighted by molar-refractivity contribution is 1.27. The van der Waals surface area contributed by atoms with Gasteiger partial charge in [0.25, 0.3) is 0 Å². The fraction of sp³-hybridized carbons (Fsp3) is 0.0612.